The van der Waals surface area contributed by atoms with Gasteiger partial charge >= 0.3 is 0 Å². The van der Waals surface area contributed by atoms with E-state index in [9.17, 15) is 9.18 Å². The quantitative estimate of drug-likeness (QED) is 0.710. The van der Waals surface area contributed by atoms with Crippen LogP contribution in [0.25, 0.3) is 16.5 Å². The summed E-state index contributed by atoms with van der Waals surface area (Å²) in [5.41, 5.74) is 3.93. The Morgan fingerprint density at radius 2 is 1.90 bits per heavy atom. The molecule has 7 heteroatoms. The molecule has 0 amide bonds. The zero-order valence-corrected chi connectivity index (χ0v) is 17.0. The average molecular weight is 415 g/mol. The highest BCUT2D eigenvalue weighted by molar-refractivity contribution is 5.81. The zero-order valence-electron chi connectivity index (χ0n) is 17.0. The van der Waals surface area contributed by atoms with Gasteiger partial charge in [0.15, 0.2) is 0 Å². The molecule has 0 radical (unpaired) electrons. The number of benzene rings is 1. The number of aromatic nitrogens is 2. The molecule has 0 saturated carbocycles. The highest BCUT2D eigenvalue weighted by atomic mass is 19.1. The monoisotopic (exact) mass is 415 g/mol. The molecule has 2 aliphatic rings. The molecule has 1 saturated heterocycles. The van der Waals surface area contributed by atoms with Crippen molar-refractivity contribution >= 4 is 22.2 Å². The Hall–Kier alpha value is -3.50. The Labute approximate surface area is 179 Å². The second-order valence-corrected chi connectivity index (χ2v) is 8.08. The van der Waals surface area contributed by atoms with Gasteiger partial charge in [0, 0.05) is 43.6 Å². The number of aromatic amines is 1. The SMILES string of the molecule is N#Cc1ccc(N2CCN(C3C=C(c4cc5ncc(F)cc5c(=O)[nH]4)CC3)CC2)cc1. The maximum Gasteiger partial charge on any atom is 0.257 e. The Morgan fingerprint density at radius 1 is 1.13 bits per heavy atom. The lowest BCUT2D eigenvalue weighted by atomic mass is 10.1. The van der Waals surface area contributed by atoms with Gasteiger partial charge in [-0.1, -0.05) is 6.08 Å². The van der Waals surface area contributed by atoms with E-state index in [2.05, 4.69) is 31.9 Å². The fourth-order valence-electron chi connectivity index (χ4n) is 4.56. The highest BCUT2D eigenvalue weighted by Gasteiger charge is 2.27. The Kier molecular flexibility index (Phi) is 5.00. The first-order chi connectivity index (χ1) is 15.1. The minimum absolute atomic E-state index is 0.276. The molecule has 6 nitrogen and oxygen atoms in total. The molecule has 31 heavy (non-hydrogen) atoms. The number of halogens is 1. The number of nitrogens with zero attached hydrogens (tertiary/aromatic N) is 4. The Morgan fingerprint density at radius 3 is 2.65 bits per heavy atom. The largest absolute Gasteiger partial charge is 0.369 e. The van der Waals surface area contributed by atoms with E-state index in [0.717, 1.165) is 62.2 Å². The van der Waals surface area contributed by atoms with Crippen molar-refractivity contribution in [2.24, 2.45) is 0 Å². The molecular weight excluding hydrogens is 393 g/mol. The summed E-state index contributed by atoms with van der Waals surface area (Å²) in [5.74, 6) is -0.508. The van der Waals surface area contributed by atoms with Crippen LogP contribution in [0.3, 0.4) is 0 Å². The molecule has 2 aromatic heterocycles. The summed E-state index contributed by atoms with van der Waals surface area (Å²) in [6.07, 6.45) is 5.30. The van der Waals surface area contributed by atoms with E-state index in [1.807, 2.05) is 30.3 Å². The average Bonchev–Trinajstić information content (AvgIpc) is 3.30. The van der Waals surface area contributed by atoms with E-state index >= 15 is 0 Å². The number of fused-ring (bicyclic) bond motifs is 1. The van der Waals surface area contributed by atoms with E-state index < -0.39 is 5.82 Å². The van der Waals surface area contributed by atoms with E-state index in [1.165, 1.54) is 6.07 Å². The van der Waals surface area contributed by atoms with Crippen LogP contribution >= 0.6 is 0 Å². The van der Waals surface area contributed by atoms with Gasteiger partial charge in [0.05, 0.1) is 28.7 Å². The minimum atomic E-state index is -0.508. The number of rotatable bonds is 3. The van der Waals surface area contributed by atoms with E-state index in [-0.39, 0.29) is 10.9 Å². The second kappa shape index (κ2) is 7.97. The molecule has 156 valence electrons. The summed E-state index contributed by atoms with van der Waals surface area (Å²) >= 11 is 0. The van der Waals surface area contributed by atoms with Crippen molar-refractivity contribution in [1.29, 1.82) is 5.26 Å². The van der Waals surface area contributed by atoms with E-state index in [1.54, 1.807) is 0 Å². The van der Waals surface area contributed by atoms with Crippen molar-refractivity contribution in [3.8, 4) is 6.07 Å². The maximum atomic E-state index is 13.4. The van der Waals surface area contributed by atoms with Crippen LogP contribution in [0.2, 0.25) is 0 Å². The second-order valence-electron chi connectivity index (χ2n) is 8.08. The summed E-state index contributed by atoms with van der Waals surface area (Å²) < 4.78 is 13.4. The first-order valence-electron chi connectivity index (χ1n) is 10.5. The number of allylic oxidation sites excluding steroid dienone is 1. The molecule has 1 fully saturated rings. The van der Waals surface area contributed by atoms with E-state index in [0.29, 0.717) is 17.1 Å². The fourth-order valence-corrected chi connectivity index (χ4v) is 4.56. The van der Waals surface area contributed by atoms with E-state index in [4.69, 9.17) is 5.26 Å². The number of hydrogen-bond donors (Lipinski definition) is 1. The van der Waals surface area contributed by atoms with Crippen molar-refractivity contribution in [3.05, 3.63) is 76.1 Å². The number of H-pyrrole nitrogens is 1. The van der Waals surface area contributed by atoms with Gasteiger partial charge < -0.3 is 9.88 Å². The maximum absolute atomic E-state index is 13.4. The number of piperazine rings is 1. The first-order valence-corrected chi connectivity index (χ1v) is 10.5. The van der Waals surface area contributed by atoms with Crippen LogP contribution < -0.4 is 10.5 Å². The smallest absolute Gasteiger partial charge is 0.257 e. The summed E-state index contributed by atoms with van der Waals surface area (Å²) in [4.78, 5) is 24.2. The third-order valence-corrected chi connectivity index (χ3v) is 6.25. The predicted octanol–water partition coefficient (Wildman–Crippen LogP) is 3.30. The van der Waals surface area contributed by atoms with Gasteiger partial charge in [0.25, 0.3) is 5.56 Å². The van der Waals surface area contributed by atoms with Gasteiger partial charge in [-0.15, -0.1) is 0 Å². The number of hydrogen-bond acceptors (Lipinski definition) is 5. The number of nitrogens with one attached hydrogen (secondary N) is 1. The van der Waals surface area contributed by atoms with Crippen molar-refractivity contribution in [3.63, 3.8) is 0 Å². The Bertz CT molecular complexity index is 1250. The van der Waals surface area contributed by atoms with Crippen LogP contribution in [0.15, 0.2) is 53.5 Å². The van der Waals surface area contributed by atoms with Gasteiger partial charge in [-0.25, -0.2) is 4.39 Å². The lowest BCUT2D eigenvalue weighted by Gasteiger charge is -2.38. The standard InChI is InChI=1S/C24H22FN5O/c25-18-12-21-23(27-15-18)13-22(28-24(21)31)17-3-6-20(11-17)30-9-7-29(8-10-30)19-4-1-16(14-26)2-5-19/h1-2,4-5,11-13,15,20H,3,6-10H2,(H,28,31). The van der Waals surface area contributed by atoms with Gasteiger partial charge in [-0.2, -0.15) is 5.26 Å². The molecule has 1 atom stereocenters. The third kappa shape index (κ3) is 3.82. The number of anilines is 1. The van der Waals surface area contributed by atoms with Gasteiger partial charge in [0.2, 0.25) is 0 Å². The zero-order chi connectivity index (χ0) is 21.4. The predicted molar refractivity (Wildman–Crippen MR) is 118 cm³/mol. The summed E-state index contributed by atoms with van der Waals surface area (Å²) in [5, 5.41) is 9.24. The molecule has 1 N–H and O–H groups in total. The number of nitriles is 1. The normalized spacial score (nSPS) is 19.4. The van der Waals surface area contributed by atoms with Crippen LogP contribution in [0.4, 0.5) is 10.1 Å². The summed E-state index contributed by atoms with van der Waals surface area (Å²) in [6.45, 7) is 3.80. The fraction of sp³-hybridized carbons (Fsp3) is 0.292. The van der Waals surface area contributed by atoms with Gasteiger partial charge in [0.1, 0.15) is 5.82 Å². The topological polar surface area (TPSA) is 76.0 Å². The molecule has 3 heterocycles. The van der Waals surface area contributed by atoms with Crippen molar-refractivity contribution in [1.82, 2.24) is 14.9 Å². The van der Waals surface area contributed by atoms with Gasteiger partial charge in [-0.05, 0) is 54.8 Å². The van der Waals surface area contributed by atoms with Crippen LogP contribution in [-0.2, 0) is 0 Å². The van der Waals surface area contributed by atoms with Crippen molar-refractivity contribution < 1.29 is 4.39 Å². The molecule has 1 aromatic carbocycles. The molecule has 0 bridgehead atoms. The van der Waals surface area contributed by atoms with Crippen molar-refractivity contribution in [2.45, 2.75) is 18.9 Å². The number of pyridine rings is 2. The molecule has 1 unspecified atom stereocenters. The summed E-state index contributed by atoms with van der Waals surface area (Å²) in [7, 11) is 0. The highest BCUT2D eigenvalue weighted by Crippen LogP contribution is 2.31. The van der Waals surface area contributed by atoms with Crippen LogP contribution in [0.5, 0.6) is 0 Å². The Balaban J connectivity index is 1.29. The molecule has 5 rings (SSSR count). The third-order valence-electron chi connectivity index (χ3n) is 6.25. The molecule has 3 aromatic rings. The summed E-state index contributed by atoms with van der Waals surface area (Å²) in [6, 6.07) is 13.3. The van der Waals surface area contributed by atoms with Crippen molar-refractivity contribution in [2.75, 3.05) is 31.1 Å². The molecule has 1 aliphatic heterocycles. The first kappa shape index (κ1) is 19.5. The van der Waals surface area contributed by atoms with Gasteiger partial charge in [-0.3, -0.25) is 14.7 Å². The lowest BCUT2D eigenvalue weighted by molar-refractivity contribution is 0.214. The van der Waals surface area contributed by atoms with Crippen LogP contribution in [0.1, 0.15) is 24.1 Å². The molecule has 1 aliphatic carbocycles. The van der Waals surface area contributed by atoms with Crippen LogP contribution in [0, 0.1) is 17.1 Å². The molecule has 0 spiro atoms. The van der Waals surface area contributed by atoms with Crippen LogP contribution in [-0.4, -0.2) is 47.1 Å². The minimum Gasteiger partial charge on any atom is -0.369 e. The molecular formula is C24H22FN5O. The lowest BCUT2D eigenvalue weighted by Crippen LogP contribution is -2.49.